The van der Waals surface area contributed by atoms with Crippen LogP contribution in [0.5, 0.6) is 0 Å². The highest BCUT2D eigenvalue weighted by molar-refractivity contribution is 7.91. The van der Waals surface area contributed by atoms with E-state index in [0.717, 1.165) is 12.3 Å². The van der Waals surface area contributed by atoms with E-state index in [0.29, 0.717) is 5.76 Å². The Morgan fingerprint density at radius 3 is 2.23 bits per heavy atom. The summed E-state index contributed by atoms with van der Waals surface area (Å²) in [6.07, 6.45) is 0.961. The first-order chi connectivity index (χ1) is 10.1. The molecule has 2 rings (SSSR count). The number of hydrogen-bond acceptors (Lipinski definition) is 6. The zero-order chi connectivity index (χ0) is 16.5. The highest BCUT2D eigenvalue weighted by Gasteiger charge is 2.22. The van der Waals surface area contributed by atoms with Crippen LogP contribution in [0.15, 0.2) is 50.6 Å². The molecule has 9 heteroatoms. The summed E-state index contributed by atoms with van der Waals surface area (Å²) >= 11 is 0. The first-order valence-corrected chi connectivity index (χ1v) is 9.41. The van der Waals surface area contributed by atoms with Crippen molar-refractivity contribution in [3.8, 4) is 0 Å². The van der Waals surface area contributed by atoms with Gasteiger partial charge >= 0.3 is 5.91 Å². The monoisotopic (exact) mass is 343 g/mol. The molecule has 0 radical (unpaired) electrons. The van der Waals surface area contributed by atoms with Gasteiger partial charge in [-0.15, -0.1) is 0 Å². The standard InChI is InChI=1S/C13H13NO6S2/c1-9-6-7-12(20-9)13(15)14-22(18,19)11-5-3-4-10(8-11)21(2,16)17/h3-8H,1-2H3,(H,14,15). The van der Waals surface area contributed by atoms with Crippen molar-refractivity contribution in [3.63, 3.8) is 0 Å². The molecule has 7 nitrogen and oxygen atoms in total. The number of nitrogens with one attached hydrogen (secondary N) is 1. The first kappa shape index (κ1) is 16.2. The van der Waals surface area contributed by atoms with E-state index in [2.05, 4.69) is 0 Å². The number of sulfone groups is 1. The summed E-state index contributed by atoms with van der Waals surface area (Å²) in [5.41, 5.74) is 0. The molecule has 0 aliphatic carbocycles. The molecular formula is C13H13NO6S2. The molecule has 1 aromatic carbocycles. The Morgan fingerprint density at radius 2 is 1.68 bits per heavy atom. The quantitative estimate of drug-likeness (QED) is 0.890. The zero-order valence-electron chi connectivity index (χ0n) is 11.7. The lowest BCUT2D eigenvalue weighted by Gasteiger charge is -2.07. The predicted molar refractivity (Wildman–Crippen MR) is 77.6 cm³/mol. The third-order valence-electron chi connectivity index (χ3n) is 2.74. The van der Waals surface area contributed by atoms with Crippen LogP contribution in [-0.4, -0.2) is 29.0 Å². The van der Waals surface area contributed by atoms with Gasteiger partial charge in [0.2, 0.25) is 0 Å². The fraction of sp³-hybridized carbons (Fsp3) is 0.154. The normalized spacial score (nSPS) is 12.1. The lowest BCUT2D eigenvalue weighted by molar-refractivity contribution is 0.0953. The van der Waals surface area contributed by atoms with Crippen LogP contribution in [-0.2, 0) is 19.9 Å². The van der Waals surface area contributed by atoms with E-state index >= 15 is 0 Å². The molecule has 1 amide bonds. The van der Waals surface area contributed by atoms with Crippen molar-refractivity contribution >= 4 is 25.8 Å². The van der Waals surface area contributed by atoms with Crippen molar-refractivity contribution < 1.29 is 26.0 Å². The maximum absolute atomic E-state index is 12.1. The Morgan fingerprint density at radius 1 is 1.05 bits per heavy atom. The minimum Gasteiger partial charge on any atom is -0.456 e. The number of rotatable bonds is 4. The molecule has 1 N–H and O–H groups in total. The molecule has 118 valence electrons. The van der Waals surface area contributed by atoms with E-state index in [4.69, 9.17) is 4.42 Å². The van der Waals surface area contributed by atoms with Crippen LogP contribution in [0.3, 0.4) is 0 Å². The van der Waals surface area contributed by atoms with Gasteiger partial charge in [0.05, 0.1) is 9.79 Å². The SMILES string of the molecule is Cc1ccc(C(=O)NS(=O)(=O)c2cccc(S(C)(=O)=O)c2)o1. The Balaban J connectivity index is 2.33. The summed E-state index contributed by atoms with van der Waals surface area (Å²) in [5.74, 6) is -0.625. The molecule has 0 saturated heterocycles. The highest BCUT2D eigenvalue weighted by Crippen LogP contribution is 2.16. The van der Waals surface area contributed by atoms with Gasteiger partial charge in [0.25, 0.3) is 10.0 Å². The Hall–Kier alpha value is -2.13. The number of hydrogen-bond donors (Lipinski definition) is 1. The second kappa shape index (κ2) is 5.58. The smallest absolute Gasteiger partial charge is 0.300 e. The third kappa shape index (κ3) is 3.55. The zero-order valence-corrected chi connectivity index (χ0v) is 13.4. The van der Waals surface area contributed by atoms with Crippen molar-refractivity contribution in [3.05, 3.63) is 47.9 Å². The van der Waals surface area contributed by atoms with Gasteiger partial charge in [0.15, 0.2) is 15.6 Å². The maximum atomic E-state index is 12.1. The Kier molecular flexibility index (Phi) is 4.12. The van der Waals surface area contributed by atoms with Gasteiger partial charge in [-0.05, 0) is 37.3 Å². The molecule has 0 fully saturated rings. The van der Waals surface area contributed by atoms with Crippen molar-refractivity contribution in [1.82, 2.24) is 4.72 Å². The van der Waals surface area contributed by atoms with Crippen LogP contribution in [0.25, 0.3) is 0 Å². The van der Waals surface area contributed by atoms with E-state index < -0.39 is 25.8 Å². The number of furan rings is 1. The average molecular weight is 343 g/mol. The van der Waals surface area contributed by atoms with Crippen molar-refractivity contribution in [1.29, 1.82) is 0 Å². The van der Waals surface area contributed by atoms with Gasteiger partial charge in [-0.25, -0.2) is 21.6 Å². The summed E-state index contributed by atoms with van der Waals surface area (Å²) in [7, 11) is -7.76. The molecule has 1 heterocycles. The summed E-state index contributed by atoms with van der Waals surface area (Å²) in [5, 5.41) is 0. The minimum absolute atomic E-state index is 0.152. The molecule has 0 aliphatic heterocycles. The van der Waals surface area contributed by atoms with Gasteiger partial charge in [0, 0.05) is 6.26 Å². The largest absolute Gasteiger partial charge is 0.456 e. The van der Waals surface area contributed by atoms with E-state index in [1.54, 1.807) is 6.92 Å². The summed E-state index contributed by atoms with van der Waals surface area (Å²) in [6, 6.07) is 7.59. The van der Waals surface area contributed by atoms with Crippen LogP contribution in [0.2, 0.25) is 0 Å². The highest BCUT2D eigenvalue weighted by atomic mass is 32.2. The molecule has 0 atom stereocenters. The van der Waals surface area contributed by atoms with E-state index in [1.165, 1.54) is 30.3 Å². The summed E-state index contributed by atoms with van der Waals surface area (Å²) in [6.45, 7) is 1.61. The number of benzene rings is 1. The molecular weight excluding hydrogens is 330 g/mol. The van der Waals surface area contributed by atoms with Gasteiger partial charge in [-0.3, -0.25) is 4.79 Å². The lowest BCUT2D eigenvalue weighted by Crippen LogP contribution is -2.30. The fourth-order valence-electron chi connectivity index (χ4n) is 1.66. The Bertz CT molecular complexity index is 925. The topological polar surface area (TPSA) is 111 Å². The van der Waals surface area contributed by atoms with Crippen molar-refractivity contribution in [2.45, 2.75) is 16.7 Å². The van der Waals surface area contributed by atoms with E-state index in [-0.39, 0.29) is 15.6 Å². The third-order valence-corrected chi connectivity index (χ3v) is 5.17. The van der Waals surface area contributed by atoms with Crippen molar-refractivity contribution in [2.24, 2.45) is 0 Å². The summed E-state index contributed by atoms with van der Waals surface area (Å²) < 4.78 is 54.0. The average Bonchev–Trinajstić information content (AvgIpc) is 2.84. The number of sulfonamides is 1. The molecule has 0 saturated carbocycles. The van der Waals surface area contributed by atoms with Crippen LogP contribution >= 0.6 is 0 Å². The van der Waals surface area contributed by atoms with Crippen LogP contribution in [0, 0.1) is 6.92 Å². The first-order valence-electron chi connectivity index (χ1n) is 6.03. The minimum atomic E-state index is -4.21. The molecule has 1 aromatic heterocycles. The Labute approximate surface area is 127 Å². The molecule has 2 aromatic rings. The van der Waals surface area contributed by atoms with Crippen LogP contribution < -0.4 is 4.72 Å². The molecule has 0 unspecified atom stereocenters. The second-order valence-corrected chi connectivity index (χ2v) is 8.29. The van der Waals surface area contributed by atoms with E-state index in [9.17, 15) is 21.6 Å². The van der Waals surface area contributed by atoms with Gasteiger partial charge in [-0.1, -0.05) is 6.07 Å². The van der Waals surface area contributed by atoms with Gasteiger partial charge < -0.3 is 4.42 Å². The van der Waals surface area contributed by atoms with Crippen LogP contribution in [0.4, 0.5) is 0 Å². The fourth-order valence-corrected chi connectivity index (χ4v) is 3.40. The maximum Gasteiger partial charge on any atom is 0.300 e. The molecule has 0 spiro atoms. The molecule has 0 aliphatic rings. The number of aryl methyl sites for hydroxylation is 1. The van der Waals surface area contributed by atoms with Gasteiger partial charge in [-0.2, -0.15) is 0 Å². The number of carbonyl (C=O) groups excluding carboxylic acids is 1. The predicted octanol–water partition coefficient (Wildman–Crippen LogP) is 1.11. The second-order valence-electron chi connectivity index (χ2n) is 4.59. The number of amides is 1. The summed E-state index contributed by atoms with van der Waals surface area (Å²) in [4.78, 5) is 11.3. The molecule has 0 bridgehead atoms. The van der Waals surface area contributed by atoms with Crippen molar-refractivity contribution in [2.75, 3.05) is 6.26 Å². The van der Waals surface area contributed by atoms with Gasteiger partial charge in [0.1, 0.15) is 5.76 Å². The lowest BCUT2D eigenvalue weighted by atomic mass is 10.4. The van der Waals surface area contributed by atoms with E-state index in [1.807, 2.05) is 4.72 Å². The number of carbonyl (C=O) groups is 1. The van der Waals surface area contributed by atoms with Crippen LogP contribution in [0.1, 0.15) is 16.3 Å². The molecule has 22 heavy (non-hydrogen) atoms.